The van der Waals surface area contributed by atoms with E-state index in [1.165, 1.54) is 10.4 Å². The number of carbonyl (C=O) groups is 1. The lowest BCUT2D eigenvalue weighted by atomic mass is 9.90. The Morgan fingerprint density at radius 2 is 1.72 bits per heavy atom. The summed E-state index contributed by atoms with van der Waals surface area (Å²) in [4.78, 5) is 15.7. The van der Waals surface area contributed by atoms with Crippen LogP contribution in [0.3, 0.4) is 0 Å². The van der Waals surface area contributed by atoms with Gasteiger partial charge in [-0.15, -0.1) is 0 Å². The smallest absolute Gasteiger partial charge is 0.307 e. The minimum atomic E-state index is -3.75. The number of rotatable bonds is 9. The lowest BCUT2D eigenvalue weighted by Gasteiger charge is -2.31. The second-order valence-electron chi connectivity index (χ2n) is 9.03. The molecular formula is C24H29N3O7S2. The maximum absolute atomic E-state index is 13.2. The molecule has 0 unspecified atom stereocenters. The number of ether oxygens (including phenoxy) is 1. The monoisotopic (exact) mass is 535 g/mol. The number of pyridine rings is 1. The highest BCUT2D eigenvalue weighted by Crippen LogP contribution is 2.36. The highest BCUT2D eigenvalue weighted by molar-refractivity contribution is 7.89. The number of carbonyl (C=O) groups excluding carboxylic acids is 1. The predicted octanol–water partition coefficient (Wildman–Crippen LogP) is 2.93. The van der Waals surface area contributed by atoms with Crippen LogP contribution in [-0.4, -0.2) is 62.4 Å². The van der Waals surface area contributed by atoms with Gasteiger partial charge in [0.1, 0.15) is 17.7 Å². The number of aldehydes is 1. The minimum Gasteiger partial charge on any atom is -0.491 e. The SMILES string of the molecule is CC(C)Oc1ccc(S(=O)(=O)N2CCC(c3cn(CC=O)c4nc(OS(C)(=O)=O)ccc34)CC2)cc1. The molecule has 1 saturated heterocycles. The maximum Gasteiger partial charge on any atom is 0.307 e. The van der Waals surface area contributed by atoms with Crippen LogP contribution in [0.1, 0.15) is 38.2 Å². The first-order valence-electron chi connectivity index (χ1n) is 11.6. The summed E-state index contributed by atoms with van der Waals surface area (Å²) in [6.45, 7) is 4.56. The van der Waals surface area contributed by atoms with Crippen molar-refractivity contribution in [1.29, 1.82) is 0 Å². The lowest BCUT2D eigenvalue weighted by Crippen LogP contribution is -2.37. The van der Waals surface area contributed by atoms with Crippen LogP contribution in [0.2, 0.25) is 0 Å². The van der Waals surface area contributed by atoms with E-state index in [-0.39, 0.29) is 29.3 Å². The molecule has 10 nitrogen and oxygen atoms in total. The topological polar surface area (TPSA) is 125 Å². The van der Waals surface area contributed by atoms with Gasteiger partial charge in [-0.3, -0.25) is 0 Å². The second-order valence-corrected chi connectivity index (χ2v) is 12.5. The summed E-state index contributed by atoms with van der Waals surface area (Å²) >= 11 is 0. The average molecular weight is 536 g/mol. The van der Waals surface area contributed by atoms with Crippen molar-refractivity contribution in [3.8, 4) is 11.6 Å². The van der Waals surface area contributed by atoms with Crippen molar-refractivity contribution >= 4 is 37.5 Å². The summed E-state index contributed by atoms with van der Waals surface area (Å²) < 4.78 is 63.0. The van der Waals surface area contributed by atoms with E-state index < -0.39 is 20.1 Å². The van der Waals surface area contributed by atoms with E-state index in [1.807, 2.05) is 20.0 Å². The van der Waals surface area contributed by atoms with E-state index in [9.17, 15) is 21.6 Å². The zero-order chi connectivity index (χ0) is 26.1. The first-order valence-corrected chi connectivity index (χ1v) is 14.8. The predicted molar refractivity (Wildman–Crippen MR) is 134 cm³/mol. The molecule has 0 radical (unpaired) electrons. The fourth-order valence-electron chi connectivity index (χ4n) is 4.44. The molecule has 0 bridgehead atoms. The molecule has 0 N–H and O–H groups in total. The Morgan fingerprint density at radius 3 is 2.31 bits per heavy atom. The van der Waals surface area contributed by atoms with Crippen molar-refractivity contribution in [1.82, 2.24) is 13.9 Å². The van der Waals surface area contributed by atoms with Crippen molar-refractivity contribution in [3.63, 3.8) is 0 Å². The highest BCUT2D eigenvalue weighted by Gasteiger charge is 2.31. The molecular weight excluding hydrogens is 506 g/mol. The van der Waals surface area contributed by atoms with Crippen LogP contribution in [-0.2, 0) is 31.5 Å². The van der Waals surface area contributed by atoms with Crippen molar-refractivity contribution in [3.05, 3.63) is 48.2 Å². The molecule has 12 heteroatoms. The number of piperidine rings is 1. The highest BCUT2D eigenvalue weighted by atomic mass is 32.2. The van der Waals surface area contributed by atoms with Gasteiger partial charge in [-0.1, -0.05) is 0 Å². The number of hydrogen-bond acceptors (Lipinski definition) is 8. The Kier molecular flexibility index (Phi) is 7.39. The number of aromatic nitrogens is 2. The van der Waals surface area contributed by atoms with Crippen LogP contribution >= 0.6 is 0 Å². The first-order chi connectivity index (χ1) is 17.0. The van der Waals surface area contributed by atoms with Gasteiger partial charge >= 0.3 is 10.1 Å². The number of hydrogen-bond donors (Lipinski definition) is 0. The number of nitrogens with zero attached hydrogens (tertiary/aromatic N) is 3. The second kappa shape index (κ2) is 10.2. The van der Waals surface area contributed by atoms with Crippen LogP contribution < -0.4 is 8.92 Å². The fraction of sp³-hybridized carbons (Fsp3) is 0.417. The van der Waals surface area contributed by atoms with E-state index in [1.54, 1.807) is 34.9 Å². The molecule has 4 rings (SSSR count). The van der Waals surface area contributed by atoms with E-state index >= 15 is 0 Å². The fourth-order valence-corrected chi connectivity index (χ4v) is 6.31. The van der Waals surface area contributed by atoms with Crippen LogP contribution in [0.25, 0.3) is 11.0 Å². The average Bonchev–Trinajstić information content (AvgIpc) is 3.16. The van der Waals surface area contributed by atoms with Crippen molar-refractivity contribution < 1.29 is 30.6 Å². The Balaban J connectivity index is 1.53. The van der Waals surface area contributed by atoms with Crippen LogP contribution in [0.15, 0.2) is 47.5 Å². The molecule has 1 aromatic carbocycles. The molecule has 36 heavy (non-hydrogen) atoms. The van der Waals surface area contributed by atoms with Gasteiger partial charge < -0.3 is 18.3 Å². The summed E-state index contributed by atoms with van der Waals surface area (Å²) in [7, 11) is -7.39. The van der Waals surface area contributed by atoms with E-state index in [2.05, 4.69) is 4.98 Å². The molecule has 194 valence electrons. The molecule has 1 fully saturated rings. The Morgan fingerprint density at radius 1 is 1.06 bits per heavy atom. The molecule has 3 heterocycles. The molecule has 0 saturated carbocycles. The van der Waals surface area contributed by atoms with Gasteiger partial charge in [0.15, 0.2) is 0 Å². The Hall–Kier alpha value is -2.96. The van der Waals surface area contributed by atoms with Crippen LogP contribution in [0.5, 0.6) is 11.6 Å². The van der Waals surface area contributed by atoms with Gasteiger partial charge in [-0.2, -0.15) is 17.7 Å². The molecule has 2 aromatic heterocycles. The summed E-state index contributed by atoms with van der Waals surface area (Å²) in [6.07, 6.45) is 4.69. The minimum absolute atomic E-state index is 0.00189. The Bertz CT molecular complexity index is 1460. The van der Waals surface area contributed by atoms with Gasteiger partial charge in [0, 0.05) is 30.7 Å². The number of benzene rings is 1. The van der Waals surface area contributed by atoms with Crippen molar-refractivity contribution in [2.75, 3.05) is 19.3 Å². The summed E-state index contributed by atoms with van der Waals surface area (Å²) in [6, 6.07) is 9.66. The van der Waals surface area contributed by atoms with E-state index in [0.717, 1.165) is 23.5 Å². The quantitative estimate of drug-likeness (QED) is 0.303. The van der Waals surface area contributed by atoms with E-state index in [0.29, 0.717) is 37.3 Å². The normalized spacial score (nSPS) is 15.9. The van der Waals surface area contributed by atoms with Gasteiger partial charge in [0.05, 0.1) is 23.8 Å². The molecule has 0 amide bonds. The third-order valence-electron chi connectivity index (χ3n) is 5.96. The molecule has 1 aliphatic rings. The van der Waals surface area contributed by atoms with Gasteiger partial charge in [-0.05, 0) is 68.5 Å². The summed E-state index contributed by atoms with van der Waals surface area (Å²) in [5, 5.41) is 0.778. The van der Waals surface area contributed by atoms with Crippen molar-refractivity contribution in [2.24, 2.45) is 0 Å². The first kappa shape index (κ1) is 26.1. The summed E-state index contributed by atoms with van der Waals surface area (Å²) in [5.41, 5.74) is 1.38. The number of sulfonamides is 1. The molecule has 0 aliphatic carbocycles. The zero-order valence-corrected chi connectivity index (χ0v) is 22.0. The van der Waals surface area contributed by atoms with Crippen molar-refractivity contribution in [2.45, 2.75) is 50.2 Å². The molecule has 3 aromatic rings. The van der Waals surface area contributed by atoms with Crippen LogP contribution in [0.4, 0.5) is 0 Å². The van der Waals surface area contributed by atoms with Gasteiger partial charge in [0.2, 0.25) is 15.9 Å². The van der Waals surface area contributed by atoms with Gasteiger partial charge in [0.25, 0.3) is 0 Å². The summed E-state index contributed by atoms with van der Waals surface area (Å²) in [5.74, 6) is 0.595. The zero-order valence-electron chi connectivity index (χ0n) is 20.3. The maximum atomic E-state index is 13.2. The third kappa shape index (κ3) is 5.71. The standard InChI is InChI=1S/C24H29N3O7S2/c1-17(2)33-19-4-6-20(7-5-19)36(31,32)27-12-10-18(11-13-27)22-16-26(14-15-28)24-21(22)8-9-23(25-24)34-35(3,29)30/h4-9,15-18H,10-14H2,1-3H3. The third-order valence-corrected chi connectivity index (χ3v) is 8.35. The van der Waals surface area contributed by atoms with Gasteiger partial charge in [-0.25, -0.2) is 8.42 Å². The number of fused-ring (bicyclic) bond motifs is 1. The molecule has 0 spiro atoms. The molecule has 1 aliphatic heterocycles. The van der Waals surface area contributed by atoms with Crippen LogP contribution in [0, 0.1) is 0 Å². The van der Waals surface area contributed by atoms with E-state index in [4.69, 9.17) is 8.92 Å². The Labute approximate surface area is 211 Å². The molecule has 0 atom stereocenters. The lowest BCUT2D eigenvalue weighted by molar-refractivity contribution is -0.108. The largest absolute Gasteiger partial charge is 0.491 e.